The number of fused-ring (bicyclic) bond motifs is 1. The van der Waals surface area contributed by atoms with Gasteiger partial charge >= 0.3 is 6.09 Å². The molecule has 1 atom stereocenters. The number of hydrogen-bond donors (Lipinski definition) is 3. The van der Waals surface area contributed by atoms with Crippen molar-refractivity contribution < 1.29 is 23.5 Å². The Morgan fingerprint density at radius 2 is 2.00 bits per heavy atom. The minimum absolute atomic E-state index is 0.0737. The normalized spacial score (nSPS) is 15.0. The number of aromatic amines is 1. The Bertz CT molecular complexity index is 1040. The van der Waals surface area contributed by atoms with Crippen molar-refractivity contribution >= 4 is 28.5 Å². The van der Waals surface area contributed by atoms with E-state index in [1.807, 2.05) is 27.7 Å². The van der Waals surface area contributed by atoms with E-state index in [2.05, 4.69) is 21.7 Å². The lowest BCUT2D eigenvalue weighted by atomic mass is 9.91. The molecule has 0 aliphatic heterocycles. The fourth-order valence-corrected chi connectivity index (χ4v) is 3.97. The Kier molecular flexibility index (Phi) is 8.72. The zero-order valence-corrected chi connectivity index (χ0v) is 20.6. The van der Waals surface area contributed by atoms with Crippen molar-refractivity contribution in [3.05, 3.63) is 41.3 Å². The van der Waals surface area contributed by atoms with E-state index in [0.29, 0.717) is 32.0 Å². The maximum atomic E-state index is 14.0. The van der Waals surface area contributed by atoms with Crippen molar-refractivity contribution in [2.24, 2.45) is 5.92 Å². The smallest absolute Gasteiger partial charge is 0.407 e. The molecule has 1 aliphatic carbocycles. The molecule has 3 N–H and O–H groups in total. The molecule has 1 aromatic heterocycles. The van der Waals surface area contributed by atoms with Crippen molar-refractivity contribution in [3.8, 4) is 0 Å². The number of ether oxygens (including phenoxy) is 2. The van der Waals surface area contributed by atoms with Crippen molar-refractivity contribution in [3.63, 3.8) is 0 Å². The Balaban J connectivity index is 1.52. The predicted octanol–water partition coefficient (Wildman–Crippen LogP) is 5.17. The summed E-state index contributed by atoms with van der Waals surface area (Å²) in [5, 5.41) is 6.37. The summed E-state index contributed by atoms with van der Waals surface area (Å²) in [6, 6.07) is 4.57. The van der Waals surface area contributed by atoms with E-state index in [1.54, 1.807) is 6.07 Å². The highest BCUT2D eigenvalue weighted by atomic mass is 19.1. The average Bonchev–Trinajstić information content (AvgIpc) is 3.15. The average molecular weight is 474 g/mol. The first-order chi connectivity index (χ1) is 16.1. The molecule has 1 heterocycles. The maximum absolute atomic E-state index is 14.0. The highest BCUT2D eigenvalue weighted by Crippen LogP contribution is 2.35. The molecule has 0 fully saturated rings. The third-order valence-corrected chi connectivity index (χ3v) is 5.53. The molecule has 186 valence electrons. The monoisotopic (exact) mass is 473 g/mol. The minimum Gasteiger partial charge on any atom is -0.444 e. The molecule has 3 rings (SSSR count). The molecular formula is C26H36FN3O4. The number of amides is 2. The van der Waals surface area contributed by atoms with Crippen molar-refractivity contribution in [2.75, 3.05) is 26.3 Å². The summed E-state index contributed by atoms with van der Waals surface area (Å²) in [5.74, 6) is -0.454. The summed E-state index contributed by atoms with van der Waals surface area (Å²) in [6.07, 6.45) is 5.73. The topological polar surface area (TPSA) is 92.5 Å². The fourth-order valence-electron chi connectivity index (χ4n) is 3.97. The molecule has 0 bridgehead atoms. The van der Waals surface area contributed by atoms with Gasteiger partial charge in [-0.1, -0.05) is 13.0 Å². The van der Waals surface area contributed by atoms with Gasteiger partial charge in [0.05, 0.1) is 13.2 Å². The Labute approximate surface area is 200 Å². The number of hydrogen-bond acceptors (Lipinski definition) is 4. The van der Waals surface area contributed by atoms with Gasteiger partial charge in [0.1, 0.15) is 17.1 Å². The van der Waals surface area contributed by atoms with Crippen LogP contribution in [-0.4, -0.2) is 48.9 Å². The Morgan fingerprint density at radius 1 is 1.21 bits per heavy atom. The van der Waals surface area contributed by atoms with Crippen LogP contribution in [0, 0.1) is 11.7 Å². The van der Waals surface area contributed by atoms with Gasteiger partial charge in [0.15, 0.2) is 0 Å². The van der Waals surface area contributed by atoms with Crippen LogP contribution in [0.5, 0.6) is 0 Å². The van der Waals surface area contributed by atoms with Gasteiger partial charge in [-0.15, -0.1) is 0 Å². The first-order valence-corrected chi connectivity index (χ1v) is 12.0. The van der Waals surface area contributed by atoms with Crippen LogP contribution >= 0.6 is 0 Å². The molecule has 1 aliphatic rings. The third kappa shape index (κ3) is 7.32. The first kappa shape index (κ1) is 25.7. The van der Waals surface area contributed by atoms with Gasteiger partial charge in [0.2, 0.25) is 0 Å². The standard InChI is InChI=1S/C26H36FN3O4/c1-17(16-33-13-12-28-25(32)34-26(2,3)4)15-29-24(31)23-22(18-8-6-5-7-9-18)20-14-19(27)10-11-21(20)30-23/h8,10-11,14,17,30H,5-7,9,12-13,15-16H2,1-4H3,(H,28,32)(H,29,31)/t17-/m1/s1. The largest absolute Gasteiger partial charge is 0.444 e. The molecule has 0 unspecified atom stereocenters. The number of nitrogens with one attached hydrogen (secondary N) is 3. The van der Waals surface area contributed by atoms with Crippen LogP contribution in [0.1, 0.15) is 69.4 Å². The molecule has 0 radical (unpaired) electrons. The summed E-state index contributed by atoms with van der Waals surface area (Å²) in [5.41, 5.74) is 2.60. The molecule has 1 aromatic carbocycles. The van der Waals surface area contributed by atoms with Gasteiger partial charge in [-0.05, 0) is 76.1 Å². The lowest BCUT2D eigenvalue weighted by Crippen LogP contribution is -2.35. The maximum Gasteiger partial charge on any atom is 0.407 e. The minimum atomic E-state index is -0.538. The van der Waals surface area contributed by atoms with E-state index < -0.39 is 11.7 Å². The zero-order chi connectivity index (χ0) is 24.7. The van der Waals surface area contributed by atoms with E-state index in [0.717, 1.165) is 47.7 Å². The molecular weight excluding hydrogens is 437 g/mol. The number of alkyl carbamates (subject to hydrolysis) is 1. The molecule has 34 heavy (non-hydrogen) atoms. The summed E-state index contributed by atoms with van der Waals surface area (Å²) in [7, 11) is 0. The lowest BCUT2D eigenvalue weighted by Gasteiger charge is -2.19. The van der Waals surface area contributed by atoms with Gasteiger partial charge in [0.25, 0.3) is 5.91 Å². The molecule has 0 saturated carbocycles. The zero-order valence-electron chi connectivity index (χ0n) is 20.6. The van der Waals surface area contributed by atoms with Crippen molar-refractivity contribution in [1.29, 1.82) is 0 Å². The van der Waals surface area contributed by atoms with Gasteiger partial charge in [0, 0.05) is 29.6 Å². The van der Waals surface area contributed by atoms with Crippen molar-refractivity contribution in [1.82, 2.24) is 15.6 Å². The Morgan fingerprint density at radius 3 is 2.71 bits per heavy atom. The number of rotatable bonds is 9. The quantitative estimate of drug-likeness (QED) is 0.438. The lowest BCUT2D eigenvalue weighted by molar-refractivity contribution is 0.0486. The second-order valence-electron chi connectivity index (χ2n) is 9.86. The number of halogens is 1. The fraction of sp³-hybridized carbons (Fsp3) is 0.538. The number of benzene rings is 1. The first-order valence-electron chi connectivity index (χ1n) is 12.0. The van der Waals surface area contributed by atoms with E-state index >= 15 is 0 Å². The Hall–Kier alpha value is -2.87. The van der Waals surface area contributed by atoms with Crippen LogP contribution in [0.2, 0.25) is 0 Å². The summed E-state index contributed by atoms with van der Waals surface area (Å²) in [4.78, 5) is 27.9. The van der Waals surface area contributed by atoms with Gasteiger partial charge in [-0.25, -0.2) is 9.18 Å². The summed E-state index contributed by atoms with van der Waals surface area (Å²) < 4.78 is 24.7. The van der Waals surface area contributed by atoms with Crippen LogP contribution in [-0.2, 0) is 9.47 Å². The highest BCUT2D eigenvalue weighted by molar-refractivity contribution is 6.06. The summed E-state index contributed by atoms with van der Waals surface area (Å²) in [6.45, 7) is 8.97. The predicted molar refractivity (Wildman–Crippen MR) is 131 cm³/mol. The molecule has 2 aromatic rings. The number of carbonyl (C=O) groups excluding carboxylic acids is 2. The second-order valence-corrected chi connectivity index (χ2v) is 9.86. The number of carbonyl (C=O) groups is 2. The number of allylic oxidation sites excluding steroid dienone is 2. The molecule has 7 nitrogen and oxygen atoms in total. The van der Waals surface area contributed by atoms with Crippen molar-refractivity contribution in [2.45, 2.75) is 59.0 Å². The van der Waals surface area contributed by atoms with Crippen LogP contribution in [0.3, 0.4) is 0 Å². The van der Waals surface area contributed by atoms with Crippen LogP contribution in [0.25, 0.3) is 16.5 Å². The molecule has 8 heteroatoms. The summed E-state index contributed by atoms with van der Waals surface area (Å²) >= 11 is 0. The van der Waals surface area contributed by atoms with Crippen LogP contribution in [0.15, 0.2) is 24.3 Å². The van der Waals surface area contributed by atoms with E-state index in [4.69, 9.17) is 9.47 Å². The molecule has 0 saturated heterocycles. The van der Waals surface area contributed by atoms with Crippen LogP contribution in [0.4, 0.5) is 9.18 Å². The van der Waals surface area contributed by atoms with E-state index in [1.165, 1.54) is 12.1 Å². The highest BCUT2D eigenvalue weighted by Gasteiger charge is 2.22. The molecule has 2 amide bonds. The number of aromatic nitrogens is 1. The second kappa shape index (κ2) is 11.5. The van der Waals surface area contributed by atoms with E-state index in [9.17, 15) is 14.0 Å². The van der Waals surface area contributed by atoms with Gasteiger partial charge in [-0.2, -0.15) is 0 Å². The number of H-pyrrole nitrogens is 1. The molecule has 0 spiro atoms. The van der Waals surface area contributed by atoms with Gasteiger partial charge in [-0.3, -0.25) is 4.79 Å². The van der Waals surface area contributed by atoms with Crippen LogP contribution < -0.4 is 10.6 Å². The van der Waals surface area contributed by atoms with E-state index in [-0.39, 0.29) is 17.6 Å². The van der Waals surface area contributed by atoms with Gasteiger partial charge < -0.3 is 25.1 Å². The third-order valence-electron chi connectivity index (χ3n) is 5.53. The SMILES string of the molecule is C[C@H](CNC(=O)c1[nH]c2ccc(F)cc2c1C1=CCCCC1)COCCNC(=O)OC(C)(C)C.